The van der Waals surface area contributed by atoms with Gasteiger partial charge in [0.25, 0.3) is 0 Å². The van der Waals surface area contributed by atoms with E-state index in [-0.39, 0.29) is 0 Å². The van der Waals surface area contributed by atoms with E-state index in [0.29, 0.717) is 4.73 Å². The first kappa shape index (κ1) is 7.87. The van der Waals surface area contributed by atoms with Gasteiger partial charge >= 0.3 is 0 Å². The molecule has 0 aromatic heterocycles. The van der Waals surface area contributed by atoms with Crippen LogP contribution in [0.2, 0.25) is 0 Å². The Hall–Kier alpha value is -0.235. The fourth-order valence-electron chi connectivity index (χ4n) is 0.829. The molecule has 0 aliphatic heterocycles. The first-order valence-electron chi connectivity index (χ1n) is 3.33. The zero-order valence-corrected chi connectivity index (χ0v) is 7.51. The predicted octanol–water partition coefficient (Wildman–Crippen LogP) is 1.76. The molecule has 1 rings (SSSR count). The predicted molar refractivity (Wildman–Crippen MR) is 50.2 cm³/mol. The van der Waals surface area contributed by atoms with Crippen LogP contribution in [-0.2, 0) is 0 Å². The third-order valence-electron chi connectivity index (χ3n) is 1.22. The van der Waals surface area contributed by atoms with Crippen LogP contribution >= 0.6 is 15.9 Å². The summed E-state index contributed by atoms with van der Waals surface area (Å²) in [7, 11) is 2.17. The minimum absolute atomic E-state index is 0.454. The van der Waals surface area contributed by atoms with Gasteiger partial charge in [-0.3, -0.25) is 0 Å². The number of alkyl halides is 1. The Morgan fingerprint density at radius 1 is 1.30 bits per heavy atom. The van der Waals surface area contributed by atoms with Crippen molar-refractivity contribution in [3.63, 3.8) is 0 Å². The second-order valence-electron chi connectivity index (χ2n) is 2.25. The van der Waals surface area contributed by atoms with Crippen molar-refractivity contribution in [2.24, 2.45) is 0 Å². The van der Waals surface area contributed by atoms with Gasteiger partial charge in [-0.2, -0.15) is 0 Å². The molecular formula is C8H9BBr. The second kappa shape index (κ2) is 3.82. The summed E-state index contributed by atoms with van der Waals surface area (Å²) in [6, 6.07) is 10.3. The lowest BCUT2D eigenvalue weighted by atomic mass is 9.68. The molecule has 1 atom stereocenters. The van der Waals surface area contributed by atoms with Gasteiger partial charge in [0.05, 0.1) is 0 Å². The quantitative estimate of drug-likeness (QED) is 0.499. The van der Waals surface area contributed by atoms with Crippen molar-refractivity contribution in [2.75, 3.05) is 0 Å². The molecule has 1 unspecified atom stereocenters. The summed E-state index contributed by atoms with van der Waals surface area (Å²) in [4.78, 5) is 0. The molecule has 0 aliphatic carbocycles. The van der Waals surface area contributed by atoms with E-state index in [0.717, 1.165) is 0 Å². The Morgan fingerprint density at radius 2 is 1.90 bits per heavy atom. The fourth-order valence-corrected chi connectivity index (χ4v) is 1.13. The zero-order valence-electron chi connectivity index (χ0n) is 5.92. The Labute approximate surface area is 71.0 Å². The monoisotopic (exact) mass is 195 g/mol. The van der Waals surface area contributed by atoms with Crippen LogP contribution in [0, 0.1) is 0 Å². The highest BCUT2D eigenvalue weighted by molar-refractivity contribution is 9.10. The van der Waals surface area contributed by atoms with Gasteiger partial charge in [0, 0.05) is 0 Å². The summed E-state index contributed by atoms with van der Waals surface area (Å²) in [5, 5.41) is 0. The molecule has 2 heteroatoms. The SMILES string of the molecule is CC(Br)[B]c1ccccc1. The van der Waals surface area contributed by atoms with Gasteiger partial charge < -0.3 is 0 Å². The van der Waals surface area contributed by atoms with Crippen molar-refractivity contribution < 1.29 is 0 Å². The van der Waals surface area contributed by atoms with Gasteiger partial charge in [-0.25, -0.2) is 0 Å². The highest BCUT2D eigenvalue weighted by Gasteiger charge is 1.98. The van der Waals surface area contributed by atoms with Crippen LogP contribution in [0.25, 0.3) is 0 Å². The van der Waals surface area contributed by atoms with Crippen LogP contribution in [-0.4, -0.2) is 12.0 Å². The minimum atomic E-state index is 0.454. The van der Waals surface area contributed by atoms with Gasteiger partial charge in [-0.15, -0.1) is 0 Å². The van der Waals surface area contributed by atoms with Gasteiger partial charge in [-0.1, -0.05) is 58.6 Å². The van der Waals surface area contributed by atoms with E-state index in [4.69, 9.17) is 0 Å². The van der Waals surface area contributed by atoms with Crippen molar-refractivity contribution in [2.45, 2.75) is 11.7 Å². The fraction of sp³-hybridized carbons (Fsp3) is 0.250. The molecule has 0 N–H and O–H groups in total. The average molecular weight is 196 g/mol. The van der Waals surface area contributed by atoms with Crippen molar-refractivity contribution in [1.82, 2.24) is 0 Å². The highest BCUT2D eigenvalue weighted by Crippen LogP contribution is 1.94. The van der Waals surface area contributed by atoms with Crippen molar-refractivity contribution in [3.05, 3.63) is 30.3 Å². The highest BCUT2D eigenvalue weighted by atomic mass is 79.9. The minimum Gasteiger partial charge on any atom is -0.0986 e. The van der Waals surface area contributed by atoms with Gasteiger partial charge in [0.15, 0.2) is 7.28 Å². The van der Waals surface area contributed by atoms with Crippen molar-refractivity contribution >= 4 is 28.7 Å². The van der Waals surface area contributed by atoms with Crippen LogP contribution in [0.5, 0.6) is 0 Å². The normalized spacial score (nSPS) is 12.6. The van der Waals surface area contributed by atoms with E-state index in [2.05, 4.69) is 42.3 Å². The van der Waals surface area contributed by atoms with Crippen LogP contribution in [0.4, 0.5) is 0 Å². The average Bonchev–Trinajstić information content (AvgIpc) is 1.88. The lowest BCUT2D eigenvalue weighted by molar-refractivity contribution is 1.41. The van der Waals surface area contributed by atoms with Gasteiger partial charge in [-0.05, 0) is 4.73 Å². The molecule has 0 saturated carbocycles. The molecule has 0 amide bonds. The number of halogens is 1. The van der Waals surface area contributed by atoms with E-state index in [9.17, 15) is 0 Å². The maximum atomic E-state index is 3.46. The van der Waals surface area contributed by atoms with E-state index in [1.165, 1.54) is 5.46 Å². The third kappa shape index (κ3) is 2.57. The molecule has 0 saturated heterocycles. The number of rotatable bonds is 2. The summed E-state index contributed by atoms with van der Waals surface area (Å²) < 4.78 is 0.454. The summed E-state index contributed by atoms with van der Waals surface area (Å²) in [5.41, 5.74) is 1.27. The third-order valence-corrected chi connectivity index (χ3v) is 1.49. The smallest absolute Gasteiger partial charge is 0.0986 e. The van der Waals surface area contributed by atoms with Crippen molar-refractivity contribution in [1.29, 1.82) is 0 Å². The van der Waals surface area contributed by atoms with Gasteiger partial charge in [0.1, 0.15) is 0 Å². The second-order valence-corrected chi connectivity index (χ2v) is 3.70. The Morgan fingerprint density at radius 3 is 2.40 bits per heavy atom. The molecule has 51 valence electrons. The molecule has 0 fully saturated rings. The van der Waals surface area contributed by atoms with Gasteiger partial charge in [0.2, 0.25) is 0 Å². The Balaban J connectivity index is 2.59. The first-order chi connectivity index (χ1) is 4.79. The molecule has 1 aromatic rings. The zero-order chi connectivity index (χ0) is 7.40. The summed E-state index contributed by atoms with van der Waals surface area (Å²) >= 11 is 3.46. The molecular weight excluding hydrogens is 187 g/mol. The number of hydrogen-bond donors (Lipinski definition) is 0. The van der Waals surface area contributed by atoms with E-state index in [1.54, 1.807) is 0 Å². The molecule has 0 spiro atoms. The maximum Gasteiger partial charge on any atom is 0.168 e. The van der Waals surface area contributed by atoms with E-state index < -0.39 is 0 Å². The van der Waals surface area contributed by atoms with Crippen molar-refractivity contribution in [3.8, 4) is 0 Å². The van der Waals surface area contributed by atoms with Crippen LogP contribution in [0.3, 0.4) is 0 Å². The van der Waals surface area contributed by atoms with Crippen LogP contribution in [0.1, 0.15) is 6.92 Å². The first-order valence-corrected chi connectivity index (χ1v) is 4.24. The molecule has 0 heterocycles. The van der Waals surface area contributed by atoms with Crippen LogP contribution in [0.15, 0.2) is 30.3 Å². The largest absolute Gasteiger partial charge is 0.168 e. The lowest BCUT2D eigenvalue weighted by Gasteiger charge is -1.99. The van der Waals surface area contributed by atoms with Crippen LogP contribution < -0.4 is 5.46 Å². The standard InChI is InChI=1S/C8H9BBr/c1-7(10)9-8-5-3-2-4-6-8/h2-7H,1H3. The molecule has 0 aliphatic rings. The number of benzene rings is 1. The van der Waals surface area contributed by atoms with E-state index >= 15 is 0 Å². The molecule has 10 heavy (non-hydrogen) atoms. The topological polar surface area (TPSA) is 0 Å². The summed E-state index contributed by atoms with van der Waals surface area (Å²) in [6.45, 7) is 2.10. The number of hydrogen-bond acceptors (Lipinski definition) is 0. The Bertz CT molecular complexity index is 184. The molecule has 1 aromatic carbocycles. The molecule has 0 nitrogen and oxygen atoms in total. The maximum absolute atomic E-state index is 3.46. The lowest BCUT2D eigenvalue weighted by Crippen LogP contribution is -2.20. The summed E-state index contributed by atoms with van der Waals surface area (Å²) in [5.74, 6) is 0. The summed E-state index contributed by atoms with van der Waals surface area (Å²) in [6.07, 6.45) is 0. The molecule has 1 radical (unpaired) electrons. The Kier molecular flexibility index (Phi) is 3.00. The molecule has 0 bridgehead atoms. The van der Waals surface area contributed by atoms with E-state index in [1.807, 2.05) is 18.2 Å².